The van der Waals surface area contributed by atoms with Gasteiger partial charge in [-0.15, -0.1) is 0 Å². The number of carbonyl (C=O) groups is 1. The minimum absolute atomic E-state index is 0.00888. The topological polar surface area (TPSA) is 110 Å². The first-order valence-electron chi connectivity index (χ1n) is 17.5. The van der Waals surface area contributed by atoms with E-state index in [-0.39, 0.29) is 23.1 Å². The summed E-state index contributed by atoms with van der Waals surface area (Å²) in [4.78, 5) is 27.4. The van der Waals surface area contributed by atoms with Gasteiger partial charge in [-0.3, -0.25) is 9.69 Å². The summed E-state index contributed by atoms with van der Waals surface area (Å²) in [6, 6.07) is 16.1. The average molecular weight is 701 g/mol. The summed E-state index contributed by atoms with van der Waals surface area (Å²) in [7, 11) is 3.29. The molecule has 0 radical (unpaired) electrons. The number of rotatable bonds is 17. The number of piperazine rings is 1. The van der Waals surface area contributed by atoms with Gasteiger partial charge in [0, 0.05) is 70.0 Å². The summed E-state index contributed by atoms with van der Waals surface area (Å²) in [6.45, 7) is 13.0. The van der Waals surface area contributed by atoms with E-state index in [9.17, 15) is 4.79 Å². The zero-order chi connectivity index (χ0) is 36.2. The van der Waals surface area contributed by atoms with Crippen LogP contribution in [0.25, 0.3) is 0 Å². The number of aryl methyl sites for hydroxylation is 3. The molecule has 1 aliphatic heterocycles. The van der Waals surface area contributed by atoms with Gasteiger partial charge < -0.3 is 34.5 Å². The van der Waals surface area contributed by atoms with Crippen LogP contribution in [0.15, 0.2) is 60.8 Å². The van der Waals surface area contributed by atoms with Gasteiger partial charge in [-0.2, -0.15) is 4.98 Å². The Balaban J connectivity index is 1.27. The van der Waals surface area contributed by atoms with E-state index in [2.05, 4.69) is 37.3 Å². The summed E-state index contributed by atoms with van der Waals surface area (Å²) < 4.78 is 38.0. The highest BCUT2D eigenvalue weighted by Gasteiger charge is 2.21. The van der Waals surface area contributed by atoms with Gasteiger partial charge in [0.05, 0.1) is 20.3 Å². The summed E-state index contributed by atoms with van der Waals surface area (Å²) in [6.07, 6.45) is 4.05. The second kappa shape index (κ2) is 18.5. The fourth-order valence-electron chi connectivity index (χ4n) is 5.95. The van der Waals surface area contributed by atoms with Crippen molar-refractivity contribution in [1.82, 2.24) is 19.8 Å². The number of ether oxygens (including phenoxy) is 4. The summed E-state index contributed by atoms with van der Waals surface area (Å²) >= 11 is 0. The zero-order valence-corrected chi connectivity index (χ0v) is 30.3. The number of hydrogen-bond donors (Lipinski definition) is 2. The van der Waals surface area contributed by atoms with Crippen LogP contribution >= 0.6 is 0 Å². The van der Waals surface area contributed by atoms with Gasteiger partial charge in [-0.25, -0.2) is 9.37 Å². The van der Waals surface area contributed by atoms with Crippen molar-refractivity contribution in [1.29, 1.82) is 0 Å². The molecule has 0 bridgehead atoms. The molecule has 0 unspecified atom stereocenters. The molecule has 0 saturated carbocycles. The second-order valence-corrected chi connectivity index (χ2v) is 12.6. The molecule has 0 spiro atoms. The van der Waals surface area contributed by atoms with E-state index >= 15 is 4.39 Å². The van der Waals surface area contributed by atoms with E-state index in [0.29, 0.717) is 29.5 Å². The monoisotopic (exact) mass is 700 g/mol. The van der Waals surface area contributed by atoms with Crippen molar-refractivity contribution in [3.05, 3.63) is 88.9 Å². The van der Waals surface area contributed by atoms with Crippen molar-refractivity contribution in [3.8, 4) is 23.1 Å². The lowest BCUT2D eigenvalue weighted by molar-refractivity contribution is 0.0940. The maximum atomic E-state index is 15.1. The lowest BCUT2D eigenvalue weighted by Gasteiger charge is -2.34. The molecule has 4 aromatic rings. The summed E-state index contributed by atoms with van der Waals surface area (Å²) in [5.41, 5.74) is 4.16. The molecular weight excluding hydrogens is 651 g/mol. The Morgan fingerprint density at radius 2 is 1.63 bits per heavy atom. The van der Waals surface area contributed by atoms with Gasteiger partial charge in [0.25, 0.3) is 5.91 Å². The molecule has 272 valence electrons. The van der Waals surface area contributed by atoms with Crippen molar-refractivity contribution in [2.45, 2.75) is 40.0 Å². The van der Waals surface area contributed by atoms with E-state index in [0.717, 1.165) is 81.8 Å². The van der Waals surface area contributed by atoms with Gasteiger partial charge >= 0.3 is 0 Å². The maximum Gasteiger partial charge on any atom is 0.262 e. The third-order valence-electron chi connectivity index (χ3n) is 8.83. The number of methoxy groups -OCH3 is 2. The normalized spacial score (nSPS) is 13.5. The Morgan fingerprint density at radius 1 is 0.902 bits per heavy atom. The van der Waals surface area contributed by atoms with Crippen molar-refractivity contribution >= 4 is 23.2 Å². The van der Waals surface area contributed by atoms with Crippen molar-refractivity contribution in [3.63, 3.8) is 0 Å². The molecular formula is C39H49FN6O5. The van der Waals surface area contributed by atoms with Crippen LogP contribution in [0.2, 0.25) is 0 Å². The Kier molecular flexibility index (Phi) is 13.6. The standard InChI is InChI=1S/C39H49FN6O5/c1-6-9-29-12-14-34(35(24-29)49-5)51-38-31(37(47)43-36-27(2)10-7-11-28(36)3)26-41-39(44-38)42-30-13-15-33(32(40)25-30)50-22-8-16-45-17-19-46(20-18-45)21-23-48-4/h7,10-15,24-26H,6,8-9,16-23H2,1-5H3,(H,43,47)(H,41,42,44). The molecule has 11 nitrogen and oxygen atoms in total. The zero-order valence-electron chi connectivity index (χ0n) is 30.3. The molecule has 51 heavy (non-hydrogen) atoms. The van der Waals surface area contributed by atoms with Crippen LogP contribution in [-0.4, -0.2) is 92.4 Å². The smallest absolute Gasteiger partial charge is 0.262 e. The van der Waals surface area contributed by atoms with Crippen LogP contribution < -0.4 is 24.8 Å². The number of para-hydroxylation sites is 1. The molecule has 0 atom stereocenters. The molecule has 0 aliphatic carbocycles. The highest BCUT2D eigenvalue weighted by molar-refractivity contribution is 6.06. The van der Waals surface area contributed by atoms with Crippen molar-refractivity contribution < 1.29 is 28.1 Å². The molecule has 2 N–H and O–H groups in total. The van der Waals surface area contributed by atoms with E-state index in [1.54, 1.807) is 32.4 Å². The number of halogens is 1. The predicted octanol–water partition coefficient (Wildman–Crippen LogP) is 7.01. The fraction of sp³-hybridized carbons (Fsp3) is 0.410. The van der Waals surface area contributed by atoms with Crippen LogP contribution in [0.1, 0.15) is 46.8 Å². The Hall–Kier alpha value is -4.78. The molecule has 5 rings (SSSR count). The fourth-order valence-corrected chi connectivity index (χ4v) is 5.95. The largest absolute Gasteiger partial charge is 0.493 e. The van der Waals surface area contributed by atoms with Crippen LogP contribution in [0.3, 0.4) is 0 Å². The number of benzene rings is 3. The van der Waals surface area contributed by atoms with E-state index in [1.165, 1.54) is 12.3 Å². The lowest BCUT2D eigenvalue weighted by atomic mass is 10.1. The first kappa shape index (κ1) is 37.5. The highest BCUT2D eigenvalue weighted by atomic mass is 19.1. The van der Waals surface area contributed by atoms with Crippen LogP contribution in [0, 0.1) is 19.7 Å². The SMILES string of the molecule is CCCc1ccc(Oc2nc(Nc3ccc(OCCCN4CCN(CCOC)CC4)c(F)c3)ncc2C(=O)Nc2c(C)cccc2C)c(OC)c1. The second-order valence-electron chi connectivity index (χ2n) is 12.6. The Bertz CT molecular complexity index is 1740. The van der Waals surface area contributed by atoms with Crippen molar-refractivity contribution in [2.75, 3.05) is 77.3 Å². The van der Waals surface area contributed by atoms with E-state index in [1.807, 2.05) is 44.2 Å². The number of hydrogen-bond acceptors (Lipinski definition) is 10. The number of carbonyl (C=O) groups excluding carboxylic acids is 1. The first-order chi connectivity index (χ1) is 24.8. The maximum absolute atomic E-state index is 15.1. The minimum Gasteiger partial charge on any atom is -0.493 e. The van der Waals surface area contributed by atoms with Gasteiger partial charge in [0.1, 0.15) is 5.56 Å². The van der Waals surface area contributed by atoms with Crippen LogP contribution in [-0.2, 0) is 11.2 Å². The molecule has 1 aliphatic rings. The molecule has 1 aromatic heterocycles. The molecule has 1 amide bonds. The highest BCUT2D eigenvalue weighted by Crippen LogP contribution is 2.34. The molecule has 3 aromatic carbocycles. The number of nitrogens with zero attached hydrogens (tertiary/aromatic N) is 4. The van der Waals surface area contributed by atoms with E-state index < -0.39 is 11.7 Å². The minimum atomic E-state index is -0.510. The molecule has 2 heterocycles. The number of aromatic nitrogens is 2. The summed E-state index contributed by atoms with van der Waals surface area (Å²) in [5.74, 6) is 0.248. The molecule has 1 fully saturated rings. The van der Waals surface area contributed by atoms with Gasteiger partial charge in [0.2, 0.25) is 11.8 Å². The van der Waals surface area contributed by atoms with Gasteiger partial charge in [-0.1, -0.05) is 37.6 Å². The number of nitrogens with one attached hydrogen (secondary N) is 2. The Labute approximate surface area is 300 Å². The summed E-state index contributed by atoms with van der Waals surface area (Å²) in [5, 5.41) is 6.02. The third-order valence-corrected chi connectivity index (χ3v) is 8.83. The Morgan fingerprint density at radius 3 is 2.31 bits per heavy atom. The number of anilines is 3. The number of amides is 1. The van der Waals surface area contributed by atoms with E-state index in [4.69, 9.17) is 18.9 Å². The van der Waals surface area contributed by atoms with Gasteiger partial charge in [-0.05, 0) is 67.6 Å². The molecule has 1 saturated heterocycles. The first-order valence-corrected chi connectivity index (χ1v) is 17.5. The lowest BCUT2D eigenvalue weighted by Crippen LogP contribution is -2.47. The average Bonchev–Trinajstić information content (AvgIpc) is 3.13. The quantitative estimate of drug-likeness (QED) is 0.112. The predicted molar refractivity (Wildman–Crippen MR) is 198 cm³/mol. The van der Waals surface area contributed by atoms with Crippen LogP contribution in [0.4, 0.5) is 21.7 Å². The van der Waals surface area contributed by atoms with Gasteiger partial charge in [0.15, 0.2) is 23.1 Å². The molecule has 12 heteroatoms. The third kappa shape index (κ3) is 10.4. The van der Waals surface area contributed by atoms with Crippen molar-refractivity contribution in [2.24, 2.45) is 0 Å². The van der Waals surface area contributed by atoms with Crippen LogP contribution in [0.5, 0.6) is 23.1 Å².